The Morgan fingerprint density at radius 3 is 2.57 bits per heavy atom. The molecular weight excluding hydrogens is 331 g/mol. The van der Waals surface area contributed by atoms with Crippen molar-refractivity contribution in [2.24, 2.45) is 5.92 Å². The lowest BCUT2D eigenvalue weighted by Crippen LogP contribution is -2.39. The van der Waals surface area contributed by atoms with Gasteiger partial charge in [0.05, 0.1) is 5.75 Å². The van der Waals surface area contributed by atoms with E-state index in [4.69, 9.17) is 0 Å². The minimum absolute atomic E-state index is 0.0876. The summed E-state index contributed by atoms with van der Waals surface area (Å²) in [5.74, 6) is -2.03. The SMILES string of the molecule is CCCC(C(=O)O)C(O)(CSc1ccc2ccccc2c1)[PH+]=O. The van der Waals surface area contributed by atoms with E-state index >= 15 is 0 Å². The molecule has 0 saturated carbocycles. The van der Waals surface area contributed by atoms with Crippen molar-refractivity contribution in [2.45, 2.75) is 30.0 Å². The summed E-state index contributed by atoms with van der Waals surface area (Å²) in [6.07, 6.45) is 0.920. The molecule has 2 N–H and O–H groups in total. The van der Waals surface area contributed by atoms with Crippen molar-refractivity contribution >= 4 is 37.0 Å². The molecule has 0 aromatic heterocycles. The molecule has 0 aliphatic heterocycles. The van der Waals surface area contributed by atoms with Crippen LogP contribution in [0.4, 0.5) is 0 Å². The maximum atomic E-state index is 11.5. The van der Waals surface area contributed by atoms with Gasteiger partial charge in [-0.05, 0) is 29.3 Å². The van der Waals surface area contributed by atoms with Crippen molar-refractivity contribution < 1.29 is 19.6 Å². The molecule has 3 unspecified atom stereocenters. The zero-order chi connectivity index (χ0) is 16.9. The van der Waals surface area contributed by atoms with Gasteiger partial charge in [0.15, 0.2) is 0 Å². The average Bonchev–Trinajstić information content (AvgIpc) is 2.57. The second-order valence-corrected chi connectivity index (χ2v) is 7.62. The zero-order valence-corrected chi connectivity index (χ0v) is 14.7. The molecule has 0 aliphatic rings. The largest absolute Gasteiger partial charge is 0.481 e. The summed E-state index contributed by atoms with van der Waals surface area (Å²) >= 11 is 1.33. The number of carboxylic acids is 1. The average molecular weight is 351 g/mol. The molecule has 2 rings (SSSR count). The van der Waals surface area contributed by atoms with Crippen LogP contribution in [-0.4, -0.2) is 27.3 Å². The highest BCUT2D eigenvalue weighted by Gasteiger charge is 2.49. The fourth-order valence-corrected chi connectivity index (χ4v) is 4.33. The van der Waals surface area contributed by atoms with Crippen molar-refractivity contribution in [2.75, 3.05) is 5.75 Å². The third-order valence-corrected chi connectivity index (χ3v) is 6.12. The van der Waals surface area contributed by atoms with Gasteiger partial charge in [0.2, 0.25) is 0 Å². The van der Waals surface area contributed by atoms with Gasteiger partial charge in [0.1, 0.15) is 5.92 Å². The van der Waals surface area contributed by atoms with E-state index in [0.29, 0.717) is 12.8 Å². The van der Waals surface area contributed by atoms with Crippen LogP contribution in [0.1, 0.15) is 19.8 Å². The van der Waals surface area contributed by atoms with Gasteiger partial charge in [0, 0.05) is 4.90 Å². The molecule has 4 nitrogen and oxygen atoms in total. The molecule has 0 aliphatic carbocycles. The molecule has 0 amide bonds. The second-order valence-electron chi connectivity index (χ2n) is 5.50. The molecular formula is C17H20O4PS+. The first-order valence-electron chi connectivity index (χ1n) is 7.46. The number of aliphatic hydroxyl groups is 1. The molecule has 0 radical (unpaired) electrons. The second kappa shape index (κ2) is 7.91. The third-order valence-electron chi connectivity index (χ3n) is 3.81. The Bertz CT molecular complexity index is 706. The topological polar surface area (TPSA) is 74.6 Å². The summed E-state index contributed by atoms with van der Waals surface area (Å²) in [5.41, 5.74) is 0. The predicted octanol–water partition coefficient (Wildman–Crippen LogP) is 4.15. The van der Waals surface area contributed by atoms with Crippen LogP contribution >= 0.6 is 20.2 Å². The van der Waals surface area contributed by atoms with Crippen molar-refractivity contribution in [3.05, 3.63) is 42.5 Å². The highest BCUT2D eigenvalue weighted by Crippen LogP contribution is 2.38. The first-order chi connectivity index (χ1) is 11.0. The molecule has 0 saturated heterocycles. The lowest BCUT2D eigenvalue weighted by molar-refractivity contribution is -0.146. The number of hydrogen-bond acceptors (Lipinski definition) is 4. The van der Waals surface area contributed by atoms with Crippen molar-refractivity contribution in [1.82, 2.24) is 0 Å². The van der Waals surface area contributed by atoms with E-state index in [-0.39, 0.29) is 5.75 Å². The van der Waals surface area contributed by atoms with E-state index in [1.54, 1.807) is 0 Å². The first kappa shape index (κ1) is 17.9. The lowest BCUT2D eigenvalue weighted by atomic mass is 9.98. The highest BCUT2D eigenvalue weighted by molar-refractivity contribution is 7.99. The van der Waals surface area contributed by atoms with Gasteiger partial charge in [-0.3, -0.25) is 4.79 Å². The summed E-state index contributed by atoms with van der Waals surface area (Å²) in [6.45, 7) is 1.85. The van der Waals surface area contributed by atoms with Crippen LogP contribution in [0.15, 0.2) is 47.4 Å². The van der Waals surface area contributed by atoms with Crippen LogP contribution in [0.2, 0.25) is 0 Å². The van der Waals surface area contributed by atoms with Crippen LogP contribution in [0, 0.1) is 5.92 Å². The molecule has 0 fully saturated rings. The monoisotopic (exact) mass is 351 g/mol. The van der Waals surface area contributed by atoms with Crippen molar-refractivity contribution in [3.8, 4) is 0 Å². The molecule has 23 heavy (non-hydrogen) atoms. The fourth-order valence-electron chi connectivity index (χ4n) is 2.51. The van der Waals surface area contributed by atoms with E-state index in [9.17, 15) is 19.6 Å². The van der Waals surface area contributed by atoms with Crippen LogP contribution < -0.4 is 0 Å². The molecule has 2 aromatic rings. The van der Waals surface area contributed by atoms with E-state index in [1.807, 2.05) is 49.4 Å². The van der Waals surface area contributed by atoms with Crippen LogP contribution in [0.5, 0.6) is 0 Å². The Labute approximate surface area is 141 Å². The summed E-state index contributed by atoms with van der Waals surface area (Å²) < 4.78 is 11.5. The molecule has 0 heterocycles. The number of carbonyl (C=O) groups is 1. The van der Waals surface area contributed by atoms with Gasteiger partial charge in [-0.2, -0.15) is 0 Å². The predicted molar refractivity (Wildman–Crippen MR) is 94.7 cm³/mol. The number of rotatable bonds is 8. The maximum absolute atomic E-state index is 11.5. The standard InChI is InChI=1S/C17H19O4PS/c1-2-5-15(16(18)19)17(20,22-21)11-23-14-9-8-12-6-3-4-7-13(12)10-14/h3-4,6-10,15,20H,2,5,11H2,1H3,(H,18,19)/p+1. The van der Waals surface area contributed by atoms with Gasteiger partial charge in [-0.25, -0.2) is 0 Å². The van der Waals surface area contributed by atoms with Gasteiger partial charge < -0.3 is 10.2 Å². The smallest absolute Gasteiger partial charge is 0.361 e. The number of carboxylic acid groups (broad SMARTS) is 1. The Morgan fingerprint density at radius 1 is 1.26 bits per heavy atom. The van der Waals surface area contributed by atoms with Gasteiger partial charge in [0.25, 0.3) is 5.34 Å². The number of hydrogen-bond donors (Lipinski definition) is 2. The van der Waals surface area contributed by atoms with Crippen molar-refractivity contribution in [1.29, 1.82) is 0 Å². The normalized spacial score (nSPS) is 15.4. The molecule has 122 valence electrons. The summed E-state index contributed by atoms with van der Waals surface area (Å²) in [7, 11) is -1.08. The van der Waals surface area contributed by atoms with E-state index in [0.717, 1.165) is 15.7 Å². The Balaban J connectivity index is 2.17. The maximum Gasteiger partial charge on any atom is 0.361 e. The molecule has 0 bridgehead atoms. The summed E-state index contributed by atoms with van der Waals surface area (Å²) in [4.78, 5) is 12.3. The van der Waals surface area contributed by atoms with E-state index < -0.39 is 25.7 Å². The first-order valence-corrected chi connectivity index (χ1v) is 9.35. The minimum atomic E-state index is -1.71. The quantitative estimate of drug-likeness (QED) is 0.552. The van der Waals surface area contributed by atoms with E-state index in [1.165, 1.54) is 11.8 Å². The van der Waals surface area contributed by atoms with Gasteiger partial charge >= 0.3 is 14.4 Å². The van der Waals surface area contributed by atoms with Gasteiger partial charge in [-0.15, -0.1) is 11.8 Å². The van der Waals surface area contributed by atoms with Gasteiger partial charge in [-0.1, -0.05) is 48.2 Å². The fraction of sp³-hybridized carbons (Fsp3) is 0.353. The number of fused-ring (bicyclic) bond motifs is 1. The Hall–Kier alpha value is -1.42. The van der Waals surface area contributed by atoms with Crippen LogP contribution in [0.25, 0.3) is 10.8 Å². The minimum Gasteiger partial charge on any atom is -0.481 e. The van der Waals surface area contributed by atoms with Crippen LogP contribution in [-0.2, 0) is 9.36 Å². The number of thioether (sulfide) groups is 1. The Morgan fingerprint density at radius 2 is 1.96 bits per heavy atom. The third kappa shape index (κ3) is 4.31. The van der Waals surface area contributed by atoms with Crippen LogP contribution in [0.3, 0.4) is 0 Å². The van der Waals surface area contributed by atoms with E-state index in [2.05, 4.69) is 0 Å². The lowest BCUT2D eigenvalue weighted by Gasteiger charge is -2.21. The summed E-state index contributed by atoms with van der Waals surface area (Å²) in [6, 6.07) is 13.8. The number of benzene rings is 2. The molecule has 0 spiro atoms. The number of aliphatic carboxylic acids is 1. The molecule has 2 aromatic carbocycles. The molecule has 6 heteroatoms. The van der Waals surface area contributed by atoms with Crippen molar-refractivity contribution in [3.63, 3.8) is 0 Å². The summed E-state index contributed by atoms with van der Waals surface area (Å²) in [5, 5.41) is 20.3. The highest BCUT2D eigenvalue weighted by atomic mass is 32.2. The zero-order valence-electron chi connectivity index (χ0n) is 12.9. The molecule has 3 atom stereocenters. The Kier molecular flexibility index (Phi) is 6.17.